The van der Waals surface area contributed by atoms with E-state index < -0.39 is 6.04 Å². The van der Waals surface area contributed by atoms with Gasteiger partial charge in [-0.15, -0.1) is 0 Å². The standard InChI is InChI=1S/C29H29N3O4/c1-30-26(33)12-11-25(29(30)35)32-24-10-9-21(22-3-2-4-23(27(22)24)28(32)34)17-19-5-7-20(8-6-19)18-31-13-15-36-16-14-31/h2-10,25H,11-18H2,1H3. The number of rotatable bonds is 5. The van der Waals surface area contributed by atoms with Crippen LogP contribution in [-0.4, -0.2) is 66.9 Å². The minimum atomic E-state index is -0.652. The summed E-state index contributed by atoms with van der Waals surface area (Å²) >= 11 is 0. The third-order valence-electron chi connectivity index (χ3n) is 7.68. The Balaban J connectivity index is 1.28. The van der Waals surface area contributed by atoms with Crippen molar-refractivity contribution >= 4 is 34.2 Å². The Labute approximate surface area is 210 Å². The first-order valence-electron chi connectivity index (χ1n) is 12.6. The highest BCUT2D eigenvalue weighted by Gasteiger charge is 2.42. The lowest BCUT2D eigenvalue weighted by Crippen LogP contribution is -2.54. The smallest absolute Gasteiger partial charge is 0.259 e. The molecule has 1 atom stereocenters. The van der Waals surface area contributed by atoms with E-state index in [1.807, 2.05) is 18.2 Å². The molecule has 3 aromatic carbocycles. The van der Waals surface area contributed by atoms with Crippen molar-refractivity contribution in [2.75, 3.05) is 38.3 Å². The number of benzene rings is 3. The maximum absolute atomic E-state index is 13.4. The fourth-order valence-electron chi connectivity index (χ4n) is 5.67. The lowest BCUT2D eigenvalue weighted by molar-refractivity contribution is -0.147. The summed E-state index contributed by atoms with van der Waals surface area (Å²) in [4.78, 5) is 43.5. The molecule has 3 heterocycles. The molecule has 2 fully saturated rings. The molecule has 2 saturated heterocycles. The van der Waals surface area contributed by atoms with Crippen LogP contribution < -0.4 is 4.90 Å². The minimum absolute atomic E-state index is 0.165. The van der Waals surface area contributed by atoms with Gasteiger partial charge in [0.25, 0.3) is 11.8 Å². The summed E-state index contributed by atoms with van der Waals surface area (Å²) in [6.07, 6.45) is 1.36. The molecular formula is C29H29N3O4. The van der Waals surface area contributed by atoms with Gasteiger partial charge in [-0.1, -0.05) is 42.5 Å². The quantitative estimate of drug-likeness (QED) is 0.521. The van der Waals surface area contributed by atoms with Crippen molar-refractivity contribution in [1.82, 2.24) is 9.80 Å². The average molecular weight is 484 g/mol. The van der Waals surface area contributed by atoms with Crippen molar-refractivity contribution < 1.29 is 19.1 Å². The molecule has 7 nitrogen and oxygen atoms in total. The van der Waals surface area contributed by atoms with Crippen LogP contribution in [0.1, 0.15) is 39.9 Å². The van der Waals surface area contributed by atoms with Crippen LogP contribution >= 0.6 is 0 Å². The summed E-state index contributed by atoms with van der Waals surface area (Å²) in [6, 6.07) is 17.9. The predicted molar refractivity (Wildman–Crippen MR) is 137 cm³/mol. The predicted octanol–water partition coefficient (Wildman–Crippen LogP) is 3.37. The zero-order chi connectivity index (χ0) is 24.8. The van der Waals surface area contributed by atoms with Crippen LogP contribution in [0.2, 0.25) is 0 Å². The second kappa shape index (κ2) is 9.15. The molecule has 6 rings (SSSR count). The topological polar surface area (TPSA) is 70.2 Å². The van der Waals surface area contributed by atoms with Gasteiger partial charge in [0, 0.05) is 44.1 Å². The Kier molecular flexibility index (Phi) is 5.82. The van der Waals surface area contributed by atoms with E-state index >= 15 is 0 Å². The fourth-order valence-corrected chi connectivity index (χ4v) is 5.67. The second-order valence-corrected chi connectivity index (χ2v) is 9.87. The molecular weight excluding hydrogens is 454 g/mol. The SMILES string of the molecule is CN1C(=O)CCC(N2C(=O)c3cccc4c(Cc5ccc(CN6CCOCC6)cc5)ccc2c34)C1=O. The van der Waals surface area contributed by atoms with Gasteiger partial charge in [0.15, 0.2) is 0 Å². The van der Waals surface area contributed by atoms with Gasteiger partial charge in [-0.2, -0.15) is 0 Å². The molecule has 3 aliphatic rings. The van der Waals surface area contributed by atoms with E-state index in [0.29, 0.717) is 12.0 Å². The number of likely N-dealkylation sites (N-methyl/N-ethyl adjacent to an activating group) is 1. The summed E-state index contributed by atoms with van der Waals surface area (Å²) in [5.41, 5.74) is 5.04. The number of amides is 3. The number of piperidine rings is 1. The first-order chi connectivity index (χ1) is 17.5. The summed E-state index contributed by atoms with van der Waals surface area (Å²) < 4.78 is 5.44. The van der Waals surface area contributed by atoms with E-state index in [1.165, 1.54) is 18.2 Å². The van der Waals surface area contributed by atoms with Crippen molar-refractivity contribution in [1.29, 1.82) is 0 Å². The van der Waals surface area contributed by atoms with E-state index in [1.54, 1.807) is 4.90 Å². The first-order valence-corrected chi connectivity index (χ1v) is 12.6. The normalized spacial score (nSPS) is 20.6. The van der Waals surface area contributed by atoms with E-state index in [4.69, 9.17) is 4.74 Å². The molecule has 1 unspecified atom stereocenters. The van der Waals surface area contributed by atoms with Crippen molar-refractivity contribution in [3.05, 3.63) is 76.9 Å². The Bertz CT molecular complexity index is 1360. The molecule has 3 aromatic rings. The summed E-state index contributed by atoms with van der Waals surface area (Å²) in [7, 11) is 1.50. The molecule has 0 N–H and O–H groups in total. The van der Waals surface area contributed by atoms with Crippen molar-refractivity contribution in [3.8, 4) is 0 Å². The van der Waals surface area contributed by atoms with Crippen LogP contribution in [0.3, 0.4) is 0 Å². The van der Waals surface area contributed by atoms with Gasteiger partial charge in [-0.05, 0) is 47.1 Å². The van der Waals surface area contributed by atoms with Crippen LogP contribution in [0.4, 0.5) is 5.69 Å². The number of hydrogen-bond donors (Lipinski definition) is 0. The maximum Gasteiger partial charge on any atom is 0.259 e. The van der Waals surface area contributed by atoms with Crippen LogP contribution in [0, 0.1) is 0 Å². The Morgan fingerprint density at radius 2 is 1.67 bits per heavy atom. The maximum atomic E-state index is 13.4. The molecule has 7 heteroatoms. The number of ether oxygens (including phenoxy) is 1. The fraction of sp³-hybridized carbons (Fsp3) is 0.345. The number of morpholine rings is 1. The zero-order valence-electron chi connectivity index (χ0n) is 20.4. The molecule has 3 amide bonds. The molecule has 0 bridgehead atoms. The Hall–Kier alpha value is -3.55. The largest absolute Gasteiger partial charge is 0.379 e. The monoisotopic (exact) mass is 483 g/mol. The van der Waals surface area contributed by atoms with E-state index in [-0.39, 0.29) is 24.1 Å². The van der Waals surface area contributed by atoms with Crippen molar-refractivity contribution in [3.63, 3.8) is 0 Å². The highest BCUT2D eigenvalue weighted by molar-refractivity contribution is 6.27. The van der Waals surface area contributed by atoms with Gasteiger partial charge in [-0.3, -0.25) is 29.1 Å². The number of anilines is 1. The third-order valence-corrected chi connectivity index (χ3v) is 7.68. The molecule has 0 saturated carbocycles. The van der Waals surface area contributed by atoms with Crippen LogP contribution in [-0.2, 0) is 27.3 Å². The number of likely N-dealkylation sites (tertiary alicyclic amines) is 1. The van der Waals surface area contributed by atoms with Crippen LogP contribution in [0.15, 0.2) is 54.6 Å². The number of carbonyl (C=O) groups excluding carboxylic acids is 3. The number of imide groups is 1. The summed E-state index contributed by atoms with van der Waals surface area (Å²) in [5, 5.41) is 1.93. The number of hydrogen-bond acceptors (Lipinski definition) is 5. The molecule has 0 aromatic heterocycles. The molecule has 0 spiro atoms. The number of carbonyl (C=O) groups is 3. The average Bonchev–Trinajstić information content (AvgIpc) is 3.19. The molecule has 0 aliphatic carbocycles. The van der Waals surface area contributed by atoms with Crippen LogP contribution in [0.5, 0.6) is 0 Å². The Morgan fingerprint density at radius 3 is 2.44 bits per heavy atom. The first kappa shape index (κ1) is 22.9. The summed E-state index contributed by atoms with van der Waals surface area (Å²) in [6.45, 7) is 4.47. The van der Waals surface area contributed by atoms with E-state index in [9.17, 15) is 14.4 Å². The van der Waals surface area contributed by atoms with Crippen molar-refractivity contribution in [2.24, 2.45) is 0 Å². The van der Waals surface area contributed by atoms with Gasteiger partial charge in [0.2, 0.25) is 5.91 Å². The zero-order valence-corrected chi connectivity index (χ0v) is 20.4. The molecule has 184 valence electrons. The summed E-state index contributed by atoms with van der Waals surface area (Å²) in [5.74, 6) is -0.681. The van der Waals surface area contributed by atoms with E-state index in [2.05, 4.69) is 41.3 Å². The van der Waals surface area contributed by atoms with Crippen LogP contribution in [0.25, 0.3) is 10.8 Å². The molecule has 3 aliphatic heterocycles. The molecule has 0 radical (unpaired) electrons. The van der Waals surface area contributed by atoms with Gasteiger partial charge >= 0.3 is 0 Å². The minimum Gasteiger partial charge on any atom is -0.379 e. The second-order valence-electron chi connectivity index (χ2n) is 9.87. The van der Waals surface area contributed by atoms with Gasteiger partial charge in [-0.25, -0.2) is 0 Å². The van der Waals surface area contributed by atoms with Crippen molar-refractivity contribution in [2.45, 2.75) is 31.8 Å². The van der Waals surface area contributed by atoms with Gasteiger partial charge in [0.1, 0.15) is 6.04 Å². The highest BCUT2D eigenvalue weighted by atomic mass is 16.5. The third kappa shape index (κ3) is 3.88. The molecule has 36 heavy (non-hydrogen) atoms. The van der Waals surface area contributed by atoms with E-state index in [0.717, 1.165) is 66.2 Å². The van der Waals surface area contributed by atoms with Gasteiger partial charge < -0.3 is 4.74 Å². The Morgan fingerprint density at radius 1 is 0.917 bits per heavy atom. The lowest BCUT2D eigenvalue weighted by Gasteiger charge is -2.34. The van der Waals surface area contributed by atoms with Gasteiger partial charge in [0.05, 0.1) is 18.9 Å². The lowest BCUT2D eigenvalue weighted by atomic mass is 9.95. The number of nitrogens with zero attached hydrogens (tertiary/aromatic N) is 3. The highest BCUT2D eigenvalue weighted by Crippen LogP contribution is 2.41.